The van der Waals surface area contributed by atoms with Crippen molar-refractivity contribution in [1.29, 1.82) is 0 Å². The lowest BCUT2D eigenvalue weighted by molar-refractivity contribution is 0.0836. The van der Waals surface area contributed by atoms with Crippen LogP contribution < -0.4 is 0 Å². The number of rotatable bonds is 8. The first-order valence-electron chi connectivity index (χ1n) is 7.28. The summed E-state index contributed by atoms with van der Waals surface area (Å²) in [6, 6.07) is 0. The fourth-order valence-electron chi connectivity index (χ4n) is 2.62. The molecular weight excluding hydrogens is 228 g/mol. The predicted octanol–water partition coefficient (Wildman–Crippen LogP) is 1.05. The topological polar surface area (TPSA) is 35.9 Å². The Labute approximate surface area is 112 Å². The van der Waals surface area contributed by atoms with Crippen molar-refractivity contribution in [2.75, 3.05) is 53.0 Å². The van der Waals surface area contributed by atoms with E-state index in [1.165, 1.54) is 19.4 Å². The van der Waals surface area contributed by atoms with Crippen molar-refractivity contribution < 1.29 is 9.84 Å². The zero-order chi connectivity index (χ0) is 13.4. The molecule has 108 valence electrons. The summed E-state index contributed by atoms with van der Waals surface area (Å²) in [5.41, 5.74) is 0. The molecule has 1 heterocycles. The van der Waals surface area contributed by atoms with Gasteiger partial charge in [0.1, 0.15) is 0 Å². The van der Waals surface area contributed by atoms with Crippen molar-refractivity contribution in [3.8, 4) is 0 Å². The van der Waals surface area contributed by atoms with Crippen LogP contribution in [0, 0.1) is 5.92 Å². The smallest absolute Gasteiger partial charge is 0.0639 e. The molecule has 1 aliphatic rings. The number of likely N-dealkylation sites (N-methyl/N-ethyl adjacent to an activating group) is 1. The number of piperidine rings is 1. The zero-order valence-corrected chi connectivity index (χ0v) is 12.3. The van der Waals surface area contributed by atoms with Gasteiger partial charge in [0.05, 0.1) is 12.7 Å². The molecule has 0 spiro atoms. The van der Waals surface area contributed by atoms with Crippen LogP contribution in [0.25, 0.3) is 0 Å². The van der Waals surface area contributed by atoms with Gasteiger partial charge in [-0.2, -0.15) is 0 Å². The Hall–Kier alpha value is -0.160. The number of β-amino-alcohol motifs (C(OH)–C–C–N with tert-alkyl or cyclic N) is 1. The second-order valence-electron chi connectivity index (χ2n) is 5.55. The summed E-state index contributed by atoms with van der Waals surface area (Å²) in [6.45, 7) is 10.9. The van der Waals surface area contributed by atoms with Gasteiger partial charge in [-0.3, -0.25) is 0 Å². The second-order valence-corrected chi connectivity index (χ2v) is 5.55. The molecule has 0 amide bonds. The van der Waals surface area contributed by atoms with Gasteiger partial charge in [0, 0.05) is 26.2 Å². The highest BCUT2D eigenvalue weighted by Crippen LogP contribution is 2.18. The highest BCUT2D eigenvalue weighted by atomic mass is 16.5. The van der Waals surface area contributed by atoms with Gasteiger partial charge < -0.3 is 19.6 Å². The van der Waals surface area contributed by atoms with Crippen LogP contribution in [0.5, 0.6) is 0 Å². The minimum atomic E-state index is -0.199. The van der Waals surface area contributed by atoms with E-state index < -0.39 is 0 Å². The van der Waals surface area contributed by atoms with E-state index in [9.17, 15) is 5.11 Å². The van der Waals surface area contributed by atoms with Gasteiger partial charge >= 0.3 is 0 Å². The molecular formula is C14H30N2O2. The van der Waals surface area contributed by atoms with Crippen LogP contribution in [0.2, 0.25) is 0 Å². The van der Waals surface area contributed by atoms with E-state index in [1.807, 2.05) is 13.8 Å². The Kier molecular flexibility index (Phi) is 7.82. The first-order chi connectivity index (χ1) is 8.61. The third kappa shape index (κ3) is 6.69. The van der Waals surface area contributed by atoms with Gasteiger partial charge in [-0.1, -0.05) is 0 Å². The van der Waals surface area contributed by atoms with Gasteiger partial charge in [-0.25, -0.2) is 0 Å². The molecule has 0 saturated carbocycles. The number of aliphatic hydroxyl groups is 1. The molecule has 0 aromatic heterocycles. The lowest BCUT2D eigenvalue weighted by Crippen LogP contribution is -2.41. The van der Waals surface area contributed by atoms with E-state index in [2.05, 4.69) is 16.8 Å². The molecule has 4 nitrogen and oxygen atoms in total. The third-order valence-corrected chi connectivity index (χ3v) is 3.62. The molecule has 0 bridgehead atoms. The lowest BCUT2D eigenvalue weighted by atomic mass is 9.96. The van der Waals surface area contributed by atoms with E-state index in [4.69, 9.17) is 4.74 Å². The zero-order valence-electron chi connectivity index (χ0n) is 12.3. The molecule has 1 aliphatic heterocycles. The highest BCUT2D eigenvalue weighted by molar-refractivity contribution is 4.75. The summed E-state index contributed by atoms with van der Waals surface area (Å²) < 4.78 is 5.38. The fourth-order valence-corrected chi connectivity index (χ4v) is 2.62. The summed E-state index contributed by atoms with van der Waals surface area (Å²) in [5, 5.41) is 9.37. The normalized spacial score (nSPS) is 20.5. The average molecular weight is 258 g/mol. The van der Waals surface area contributed by atoms with E-state index in [1.54, 1.807) is 0 Å². The Bertz CT molecular complexity index is 204. The average Bonchev–Trinajstić information content (AvgIpc) is 2.31. The standard InChI is InChI=1S/C14H30N2O2/c1-4-18-10-9-15(3)12-14-5-7-16(8-6-14)11-13(2)17/h13-14,17H,4-12H2,1-3H3/t13-/m0/s1. The van der Waals surface area contributed by atoms with Crippen LogP contribution >= 0.6 is 0 Å². The molecule has 1 fully saturated rings. The third-order valence-electron chi connectivity index (χ3n) is 3.62. The Morgan fingerprint density at radius 2 is 2.06 bits per heavy atom. The van der Waals surface area contributed by atoms with Crippen LogP contribution in [-0.4, -0.2) is 74.0 Å². The maximum absolute atomic E-state index is 9.37. The second kappa shape index (κ2) is 8.86. The Morgan fingerprint density at radius 1 is 1.39 bits per heavy atom. The van der Waals surface area contributed by atoms with Crippen LogP contribution in [0.1, 0.15) is 26.7 Å². The maximum Gasteiger partial charge on any atom is 0.0639 e. The number of nitrogens with zero attached hydrogens (tertiary/aromatic N) is 2. The summed E-state index contributed by atoms with van der Waals surface area (Å²) in [7, 11) is 2.18. The van der Waals surface area contributed by atoms with Gasteiger partial charge in [-0.05, 0) is 52.7 Å². The molecule has 18 heavy (non-hydrogen) atoms. The van der Waals surface area contributed by atoms with Crippen LogP contribution in [-0.2, 0) is 4.74 Å². The van der Waals surface area contributed by atoms with Gasteiger partial charge in [0.2, 0.25) is 0 Å². The Morgan fingerprint density at radius 3 is 2.61 bits per heavy atom. The molecule has 1 saturated heterocycles. The van der Waals surface area contributed by atoms with Crippen molar-refractivity contribution >= 4 is 0 Å². The molecule has 0 aromatic rings. The van der Waals surface area contributed by atoms with E-state index >= 15 is 0 Å². The number of hydrogen-bond acceptors (Lipinski definition) is 4. The molecule has 0 unspecified atom stereocenters. The number of likely N-dealkylation sites (tertiary alicyclic amines) is 1. The Balaban J connectivity index is 2.11. The predicted molar refractivity (Wildman–Crippen MR) is 74.8 cm³/mol. The van der Waals surface area contributed by atoms with E-state index in [0.717, 1.165) is 45.3 Å². The monoisotopic (exact) mass is 258 g/mol. The van der Waals surface area contributed by atoms with Crippen LogP contribution in [0.4, 0.5) is 0 Å². The molecule has 4 heteroatoms. The lowest BCUT2D eigenvalue weighted by Gasteiger charge is -2.34. The summed E-state index contributed by atoms with van der Waals surface area (Å²) >= 11 is 0. The largest absolute Gasteiger partial charge is 0.392 e. The van der Waals surface area contributed by atoms with Crippen LogP contribution in [0.15, 0.2) is 0 Å². The van der Waals surface area contributed by atoms with Crippen molar-refractivity contribution in [3.05, 3.63) is 0 Å². The van der Waals surface area contributed by atoms with Crippen LogP contribution in [0.3, 0.4) is 0 Å². The highest BCUT2D eigenvalue weighted by Gasteiger charge is 2.20. The van der Waals surface area contributed by atoms with E-state index in [-0.39, 0.29) is 6.10 Å². The van der Waals surface area contributed by atoms with Crippen molar-refractivity contribution in [2.24, 2.45) is 5.92 Å². The number of aliphatic hydroxyl groups excluding tert-OH is 1. The van der Waals surface area contributed by atoms with Crippen molar-refractivity contribution in [1.82, 2.24) is 9.80 Å². The molecule has 1 N–H and O–H groups in total. The number of ether oxygens (including phenoxy) is 1. The molecule has 0 aliphatic carbocycles. The minimum absolute atomic E-state index is 0.199. The first-order valence-corrected chi connectivity index (χ1v) is 7.28. The maximum atomic E-state index is 9.37. The van der Waals surface area contributed by atoms with Gasteiger partial charge in [0.25, 0.3) is 0 Å². The summed E-state index contributed by atoms with van der Waals surface area (Å²) in [4.78, 5) is 4.76. The van der Waals surface area contributed by atoms with Gasteiger partial charge in [-0.15, -0.1) is 0 Å². The molecule has 1 atom stereocenters. The van der Waals surface area contributed by atoms with Crippen molar-refractivity contribution in [3.63, 3.8) is 0 Å². The molecule has 1 rings (SSSR count). The summed E-state index contributed by atoms with van der Waals surface area (Å²) in [5.74, 6) is 0.807. The minimum Gasteiger partial charge on any atom is -0.392 e. The molecule has 0 aromatic carbocycles. The van der Waals surface area contributed by atoms with Gasteiger partial charge in [0.15, 0.2) is 0 Å². The molecule has 0 radical (unpaired) electrons. The first kappa shape index (κ1) is 15.9. The SMILES string of the molecule is CCOCCN(C)CC1CCN(C[C@H](C)O)CC1. The van der Waals surface area contributed by atoms with Crippen molar-refractivity contribution in [2.45, 2.75) is 32.8 Å². The quantitative estimate of drug-likeness (QED) is 0.660. The number of hydrogen-bond donors (Lipinski definition) is 1. The summed E-state index contributed by atoms with van der Waals surface area (Å²) in [6.07, 6.45) is 2.31. The van der Waals surface area contributed by atoms with E-state index in [0.29, 0.717) is 0 Å². The fraction of sp³-hybridized carbons (Fsp3) is 1.00.